The topological polar surface area (TPSA) is 38.9 Å². The lowest BCUT2D eigenvalue weighted by molar-refractivity contribution is 0.399. The number of rotatable bonds is 1. The molecule has 0 aliphatic rings. The third kappa shape index (κ3) is 2.69. The molecule has 1 heterocycles. The van der Waals surface area contributed by atoms with Crippen LogP contribution in [0.25, 0.3) is 11.5 Å². The molecule has 5 heteroatoms. The van der Waals surface area contributed by atoms with E-state index < -0.39 is 0 Å². The Kier molecular flexibility index (Phi) is 3.27. The minimum Gasteiger partial charge on any atom is -0.420 e. The molecule has 0 atom stereocenters. The molecular weight excluding hydrogens is 304 g/mol. The van der Waals surface area contributed by atoms with Crippen molar-refractivity contribution in [2.45, 2.75) is 26.2 Å². The van der Waals surface area contributed by atoms with E-state index in [-0.39, 0.29) is 5.41 Å². The van der Waals surface area contributed by atoms with Gasteiger partial charge in [-0.15, -0.1) is 10.2 Å². The third-order valence-electron chi connectivity index (χ3n) is 2.23. The minimum atomic E-state index is -0.144. The van der Waals surface area contributed by atoms with Gasteiger partial charge in [0.1, 0.15) is 0 Å². The monoisotopic (exact) mass is 314 g/mol. The minimum absolute atomic E-state index is 0.144. The average molecular weight is 316 g/mol. The van der Waals surface area contributed by atoms with Crippen LogP contribution in [0, 0.1) is 0 Å². The van der Waals surface area contributed by atoms with E-state index in [0.717, 1.165) is 10.0 Å². The van der Waals surface area contributed by atoms with E-state index in [0.29, 0.717) is 16.8 Å². The maximum Gasteiger partial charge on any atom is 0.247 e. The van der Waals surface area contributed by atoms with Crippen molar-refractivity contribution in [3.8, 4) is 11.5 Å². The SMILES string of the molecule is CC(C)(C)c1nnc(-c2ccc(Cl)c(Br)c2)o1. The van der Waals surface area contributed by atoms with Gasteiger partial charge in [0.05, 0.1) is 5.02 Å². The van der Waals surface area contributed by atoms with Crippen LogP contribution < -0.4 is 0 Å². The zero-order chi connectivity index (χ0) is 12.6. The standard InChI is InChI=1S/C12H12BrClN2O/c1-12(2,3)11-16-15-10(17-11)7-4-5-9(14)8(13)6-7/h4-6H,1-3H3. The fraction of sp³-hybridized carbons (Fsp3) is 0.333. The predicted octanol–water partition coefficient (Wildman–Crippen LogP) is 4.45. The summed E-state index contributed by atoms with van der Waals surface area (Å²) in [7, 11) is 0. The normalized spacial score (nSPS) is 11.8. The lowest BCUT2D eigenvalue weighted by atomic mass is 9.97. The Morgan fingerprint density at radius 3 is 2.47 bits per heavy atom. The Balaban J connectivity index is 2.40. The summed E-state index contributed by atoms with van der Waals surface area (Å²) in [5.74, 6) is 1.13. The first-order chi connectivity index (χ1) is 7.88. The first-order valence-corrected chi connectivity index (χ1v) is 6.34. The van der Waals surface area contributed by atoms with E-state index in [1.54, 1.807) is 6.07 Å². The Bertz CT molecular complexity index is 546. The molecule has 0 aliphatic heterocycles. The van der Waals surface area contributed by atoms with Crippen molar-refractivity contribution in [3.63, 3.8) is 0 Å². The molecule has 0 radical (unpaired) electrons. The van der Waals surface area contributed by atoms with Crippen molar-refractivity contribution in [2.24, 2.45) is 0 Å². The molecule has 0 amide bonds. The number of benzene rings is 1. The highest BCUT2D eigenvalue weighted by atomic mass is 79.9. The summed E-state index contributed by atoms with van der Waals surface area (Å²) in [5.41, 5.74) is 0.707. The second kappa shape index (κ2) is 4.42. The molecule has 0 bridgehead atoms. The molecule has 1 aromatic carbocycles. The van der Waals surface area contributed by atoms with Crippen LogP contribution in [0.3, 0.4) is 0 Å². The molecule has 0 unspecified atom stereocenters. The van der Waals surface area contributed by atoms with E-state index >= 15 is 0 Å². The summed E-state index contributed by atoms with van der Waals surface area (Å²) in [6.45, 7) is 6.09. The molecule has 2 rings (SSSR count). The van der Waals surface area contributed by atoms with Gasteiger partial charge < -0.3 is 4.42 Å². The lowest BCUT2D eigenvalue weighted by Crippen LogP contribution is -2.11. The highest BCUT2D eigenvalue weighted by Gasteiger charge is 2.21. The van der Waals surface area contributed by atoms with E-state index in [4.69, 9.17) is 16.0 Å². The summed E-state index contributed by atoms with van der Waals surface area (Å²) in [5, 5.41) is 8.75. The van der Waals surface area contributed by atoms with Gasteiger partial charge in [0.25, 0.3) is 0 Å². The predicted molar refractivity (Wildman–Crippen MR) is 71.1 cm³/mol. The number of hydrogen-bond donors (Lipinski definition) is 0. The molecule has 0 aliphatic carbocycles. The average Bonchev–Trinajstić information content (AvgIpc) is 2.70. The fourth-order valence-electron chi connectivity index (χ4n) is 1.27. The van der Waals surface area contributed by atoms with Gasteiger partial charge in [0, 0.05) is 15.5 Å². The first-order valence-electron chi connectivity index (χ1n) is 5.17. The van der Waals surface area contributed by atoms with Gasteiger partial charge in [-0.25, -0.2) is 0 Å². The molecule has 0 fully saturated rings. The quantitative estimate of drug-likeness (QED) is 0.780. The summed E-state index contributed by atoms with van der Waals surface area (Å²) >= 11 is 9.30. The van der Waals surface area contributed by atoms with Gasteiger partial charge in [-0.1, -0.05) is 32.4 Å². The van der Waals surface area contributed by atoms with Crippen molar-refractivity contribution in [1.29, 1.82) is 0 Å². The number of halogens is 2. The van der Waals surface area contributed by atoms with Crippen molar-refractivity contribution in [3.05, 3.63) is 33.6 Å². The van der Waals surface area contributed by atoms with Crippen LogP contribution in [0.2, 0.25) is 5.02 Å². The summed E-state index contributed by atoms with van der Waals surface area (Å²) in [4.78, 5) is 0. The Morgan fingerprint density at radius 1 is 1.24 bits per heavy atom. The molecule has 2 aromatic rings. The number of hydrogen-bond acceptors (Lipinski definition) is 3. The number of aromatic nitrogens is 2. The van der Waals surface area contributed by atoms with Crippen molar-refractivity contribution < 1.29 is 4.42 Å². The molecule has 0 spiro atoms. The smallest absolute Gasteiger partial charge is 0.247 e. The lowest BCUT2D eigenvalue weighted by Gasteiger charge is -2.10. The summed E-state index contributed by atoms with van der Waals surface area (Å²) < 4.78 is 6.46. The fourth-order valence-corrected chi connectivity index (χ4v) is 1.77. The van der Waals surface area contributed by atoms with Gasteiger partial charge in [-0.2, -0.15) is 0 Å². The van der Waals surface area contributed by atoms with Crippen LogP contribution >= 0.6 is 27.5 Å². The Labute approximate surface area is 113 Å². The second-order valence-corrected chi connectivity index (χ2v) is 6.05. The Hall–Kier alpha value is -0.870. The van der Waals surface area contributed by atoms with Crippen LogP contribution in [-0.2, 0) is 5.41 Å². The largest absolute Gasteiger partial charge is 0.420 e. The first kappa shape index (κ1) is 12.6. The Morgan fingerprint density at radius 2 is 1.94 bits per heavy atom. The molecule has 3 nitrogen and oxygen atoms in total. The zero-order valence-electron chi connectivity index (χ0n) is 9.79. The molecular formula is C12H12BrClN2O. The maximum absolute atomic E-state index is 5.93. The highest BCUT2D eigenvalue weighted by Crippen LogP contribution is 2.30. The molecule has 1 aromatic heterocycles. The van der Waals surface area contributed by atoms with Crippen LogP contribution in [0.5, 0.6) is 0 Å². The van der Waals surface area contributed by atoms with E-state index in [1.165, 1.54) is 0 Å². The second-order valence-electron chi connectivity index (χ2n) is 4.79. The summed E-state index contributed by atoms with van der Waals surface area (Å²) in [6, 6.07) is 5.51. The number of nitrogens with zero attached hydrogens (tertiary/aromatic N) is 2. The highest BCUT2D eigenvalue weighted by molar-refractivity contribution is 9.10. The summed E-state index contributed by atoms with van der Waals surface area (Å²) in [6.07, 6.45) is 0. The van der Waals surface area contributed by atoms with Gasteiger partial charge in [-0.3, -0.25) is 0 Å². The van der Waals surface area contributed by atoms with Gasteiger partial charge in [-0.05, 0) is 34.1 Å². The van der Waals surface area contributed by atoms with E-state index in [1.807, 2.05) is 32.9 Å². The van der Waals surface area contributed by atoms with Gasteiger partial charge >= 0.3 is 0 Å². The van der Waals surface area contributed by atoms with Crippen LogP contribution in [-0.4, -0.2) is 10.2 Å². The molecule has 0 N–H and O–H groups in total. The molecule has 17 heavy (non-hydrogen) atoms. The van der Waals surface area contributed by atoms with Crippen molar-refractivity contribution in [2.75, 3.05) is 0 Å². The molecule has 0 saturated heterocycles. The molecule has 0 saturated carbocycles. The zero-order valence-corrected chi connectivity index (χ0v) is 12.1. The van der Waals surface area contributed by atoms with E-state index in [9.17, 15) is 0 Å². The van der Waals surface area contributed by atoms with Crippen LogP contribution in [0.1, 0.15) is 26.7 Å². The van der Waals surface area contributed by atoms with Crippen molar-refractivity contribution in [1.82, 2.24) is 10.2 Å². The van der Waals surface area contributed by atoms with Crippen LogP contribution in [0.15, 0.2) is 27.1 Å². The third-order valence-corrected chi connectivity index (χ3v) is 3.45. The van der Waals surface area contributed by atoms with Gasteiger partial charge in [0.15, 0.2) is 0 Å². The van der Waals surface area contributed by atoms with Crippen molar-refractivity contribution >= 4 is 27.5 Å². The van der Waals surface area contributed by atoms with Gasteiger partial charge in [0.2, 0.25) is 11.8 Å². The van der Waals surface area contributed by atoms with Crippen LogP contribution in [0.4, 0.5) is 0 Å². The van der Waals surface area contributed by atoms with E-state index in [2.05, 4.69) is 26.1 Å². The molecule has 90 valence electrons. The maximum atomic E-state index is 5.93.